The number of pyridine rings is 3. The zero-order valence-corrected chi connectivity index (χ0v) is 23.0. The molecule has 0 aliphatic heterocycles. The van der Waals surface area contributed by atoms with Crippen LogP contribution >= 0.6 is 11.6 Å². The predicted octanol–water partition coefficient (Wildman–Crippen LogP) is 6.31. The highest BCUT2D eigenvalue weighted by atomic mass is 35.5. The van der Waals surface area contributed by atoms with E-state index in [1.165, 1.54) is 27.6 Å². The van der Waals surface area contributed by atoms with E-state index in [-0.39, 0.29) is 39.5 Å². The maximum atomic E-state index is 16.3. The highest BCUT2D eigenvalue weighted by molar-refractivity contribution is 6.31. The average molecular weight is 559 g/mol. The van der Waals surface area contributed by atoms with Crippen LogP contribution in [0.1, 0.15) is 52.4 Å². The number of aryl methyl sites for hydroxylation is 4. The van der Waals surface area contributed by atoms with E-state index in [1.54, 1.807) is 40.0 Å². The third-order valence-corrected chi connectivity index (χ3v) is 7.74. The summed E-state index contributed by atoms with van der Waals surface area (Å²) >= 11 is 6.63. The molecule has 0 radical (unpaired) electrons. The summed E-state index contributed by atoms with van der Waals surface area (Å²) in [5, 5.41) is 4.29. The first-order valence-electron chi connectivity index (χ1n) is 12.8. The fraction of sp³-hybridized carbons (Fsp3) is 0.233. The zero-order valence-electron chi connectivity index (χ0n) is 22.3. The second-order valence-corrected chi connectivity index (χ2v) is 10.5. The molecule has 6 rings (SSSR count). The van der Waals surface area contributed by atoms with Gasteiger partial charge in [0.15, 0.2) is 11.6 Å². The Balaban J connectivity index is 1.45. The van der Waals surface area contributed by atoms with E-state index in [0.717, 1.165) is 17.7 Å². The lowest BCUT2D eigenvalue weighted by atomic mass is 10.0. The predicted molar refractivity (Wildman–Crippen MR) is 148 cm³/mol. The van der Waals surface area contributed by atoms with Crippen LogP contribution < -0.4 is 5.56 Å². The smallest absolute Gasteiger partial charge is 0.274 e. The van der Waals surface area contributed by atoms with E-state index >= 15 is 8.78 Å². The van der Waals surface area contributed by atoms with Crippen LogP contribution in [0.15, 0.2) is 59.7 Å². The maximum absolute atomic E-state index is 16.3. The van der Waals surface area contributed by atoms with Gasteiger partial charge in [-0.3, -0.25) is 19.3 Å². The Morgan fingerprint density at radius 2 is 1.77 bits per heavy atom. The van der Waals surface area contributed by atoms with Crippen molar-refractivity contribution in [3.05, 3.63) is 116 Å². The minimum absolute atomic E-state index is 0.0180. The summed E-state index contributed by atoms with van der Waals surface area (Å²) in [5.74, 6) is -0.325. The van der Waals surface area contributed by atoms with E-state index < -0.39 is 17.2 Å². The fourth-order valence-corrected chi connectivity index (χ4v) is 5.66. The molecule has 0 amide bonds. The van der Waals surface area contributed by atoms with Crippen LogP contribution in [-0.4, -0.2) is 29.3 Å². The molecule has 10 heteroatoms. The Kier molecular flexibility index (Phi) is 6.34. The minimum atomic E-state index is -0.825. The third-order valence-electron chi connectivity index (χ3n) is 7.36. The molecule has 7 nitrogen and oxygen atoms in total. The standard InChI is InChI=1S/C30H25ClF2N6O/c1-15-14-35-28(19-8-7-10-24(26(19)32)39-18(4)36-17(3)37-39)27(33)29(15)38-16(2)12-22(25(31)30(38)40)20-13-21(20)23-9-5-6-11-34-23/h5-12,14,20-21H,13H2,1-4H3/t20-,21-/m0/s1. The molecule has 4 heterocycles. The third kappa shape index (κ3) is 4.21. The Hall–Kier alpha value is -4.24. The number of rotatable bonds is 5. The molecule has 1 aliphatic rings. The quantitative estimate of drug-likeness (QED) is 0.252. The van der Waals surface area contributed by atoms with Gasteiger partial charge in [-0.15, -0.1) is 0 Å². The molecule has 0 spiro atoms. The number of halogens is 3. The summed E-state index contributed by atoms with van der Waals surface area (Å²) in [6, 6.07) is 12.2. The van der Waals surface area contributed by atoms with Crippen molar-refractivity contribution < 1.29 is 8.78 Å². The van der Waals surface area contributed by atoms with Gasteiger partial charge in [0.25, 0.3) is 5.56 Å². The molecule has 1 aromatic carbocycles. The van der Waals surface area contributed by atoms with Crippen molar-refractivity contribution in [2.24, 2.45) is 0 Å². The molecule has 0 bridgehead atoms. The van der Waals surface area contributed by atoms with Gasteiger partial charge in [-0.25, -0.2) is 18.4 Å². The van der Waals surface area contributed by atoms with Crippen LogP contribution in [0.3, 0.4) is 0 Å². The van der Waals surface area contributed by atoms with Crippen molar-refractivity contribution in [1.82, 2.24) is 29.3 Å². The Morgan fingerprint density at radius 3 is 2.48 bits per heavy atom. The molecule has 40 heavy (non-hydrogen) atoms. The summed E-state index contributed by atoms with van der Waals surface area (Å²) in [6.07, 6.45) is 4.00. The SMILES string of the molecule is Cc1nc(C)n(-c2cccc(-c3ncc(C)c(-n4c(C)cc([C@H]5C[C@@H]5c5ccccn5)c(Cl)c4=O)c3F)c2F)n1. The molecular formula is C30H25ClF2N6O. The first kappa shape index (κ1) is 26.0. The van der Waals surface area contributed by atoms with Crippen LogP contribution in [0.2, 0.25) is 5.02 Å². The summed E-state index contributed by atoms with van der Waals surface area (Å²) in [5.41, 5.74) is 1.87. The molecule has 4 aromatic heterocycles. The number of aromatic nitrogens is 6. The fourth-order valence-electron chi connectivity index (χ4n) is 5.39. The van der Waals surface area contributed by atoms with E-state index in [2.05, 4.69) is 20.1 Å². The monoisotopic (exact) mass is 558 g/mol. The lowest BCUT2D eigenvalue weighted by molar-refractivity contribution is 0.594. The van der Waals surface area contributed by atoms with Crippen molar-refractivity contribution in [1.29, 1.82) is 0 Å². The van der Waals surface area contributed by atoms with Gasteiger partial charge in [0.2, 0.25) is 0 Å². The zero-order chi connectivity index (χ0) is 28.3. The summed E-state index contributed by atoms with van der Waals surface area (Å²) in [7, 11) is 0. The normalized spacial score (nSPS) is 16.4. The minimum Gasteiger partial charge on any atom is -0.277 e. The van der Waals surface area contributed by atoms with Crippen LogP contribution in [0.4, 0.5) is 8.78 Å². The van der Waals surface area contributed by atoms with E-state index in [1.807, 2.05) is 24.3 Å². The van der Waals surface area contributed by atoms with Crippen molar-refractivity contribution in [3.63, 3.8) is 0 Å². The van der Waals surface area contributed by atoms with Gasteiger partial charge in [0.1, 0.15) is 28.1 Å². The summed E-state index contributed by atoms with van der Waals surface area (Å²) in [4.78, 5) is 26.5. The highest BCUT2D eigenvalue weighted by Gasteiger charge is 2.42. The highest BCUT2D eigenvalue weighted by Crippen LogP contribution is 2.55. The van der Waals surface area contributed by atoms with Gasteiger partial charge in [-0.2, -0.15) is 5.10 Å². The number of nitrogens with zero attached hydrogens (tertiary/aromatic N) is 6. The topological polar surface area (TPSA) is 78.5 Å². The molecule has 0 unspecified atom stereocenters. The maximum Gasteiger partial charge on any atom is 0.274 e. The van der Waals surface area contributed by atoms with Gasteiger partial charge in [-0.05, 0) is 81.5 Å². The first-order valence-corrected chi connectivity index (χ1v) is 13.2. The molecule has 2 atom stereocenters. The van der Waals surface area contributed by atoms with Gasteiger partial charge in [0.05, 0.1) is 5.69 Å². The lowest BCUT2D eigenvalue weighted by Crippen LogP contribution is -2.24. The Morgan fingerprint density at radius 1 is 0.975 bits per heavy atom. The van der Waals surface area contributed by atoms with Crippen molar-refractivity contribution in [3.8, 4) is 22.6 Å². The first-order chi connectivity index (χ1) is 19.2. The number of benzene rings is 1. The second-order valence-electron chi connectivity index (χ2n) is 10.1. The van der Waals surface area contributed by atoms with Crippen LogP contribution in [0, 0.1) is 39.3 Å². The number of hydrogen-bond acceptors (Lipinski definition) is 5. The van der Waals surface area contributed by atoms with Gasteiger partial charge < -0.3 is 0 Å². The molecule has 0 saturated heterocycles. The van der Waals surface area contributed by atoms with Gasteiger partial charge in [-0.1, -0.05) is 23.7 Å². The molecule has 5 aromatic rings. The Bertz CT molecular complexity index is 1850. The largest absolute Gasteiger partial charge is 0.277 e. The molecule has 1 fully saturated rings. The molecule has 1 aliphatic carbocycles. The molecule has 1 saturated carbocycles. The lowest BCUT2D eigenvalue weighted by Gasteiger charge is -2.18. The van der Waals surface area contributed by atoms with E-state index in [4.69, 9.17) is 11.6 Å². The van der Waals surface area contributed by atoms with Crippen molar-refractivity contribution >= 4 is 11.6 Å². The van der Waals surface area contributed by atoms with Crippen LogP contribution in [-0.2, 0) is 0 Å². The second kappa shape index (κ2) is 9.75. The van der Waals surface area contributed by atoms with Crippen LogP contribution in [0.25, 0.3) is 22.6 Å². The molecule has 0 N–H and O–H groups in total. The van der Waals surface area contributed by atoms with E-state index in [0.29, 0.717) is 22.9 Å². The number of hydrogen-bond donors (Lipinski definition) is 0. The Labute approximate surface area is 234 Å². The van der Waals surface area contributed by atoms with Crippen molar-refractivity contribution in [2.45, 2.75) is 46.0 Å². The average Bonchev–Trinajstić information content (AvgIpc) is 3.66. The van der Waals surface area contributed by atoms with Crippen molar-refractivity contribution in [2.75, 3.05) is 0 Å². The summed E-state index contributed by atoms with van der Waals surface area (Å²) in [6.45, 7) is 6.79. The van der Waals surface area contributed by atoms with Crippen LogP contribution in [0.5, 0.6) is 0 Å². The summed E-state index contributed by atoms with van der Waals surface area (Å²) < 4.78 is 34.7. The molecular weight excluding hydrogens is 534 g/mol. The van der Waals surface area contributed by atoms with Gasteiger partial charge >= 0.3 is 0 Å². The molecule has 202 valence electrons. The van der Waals surface area contributed by atoms with E-state index in [9.17, 15) is 4.79 Å². The van der Waals surface area contributed by atoms with Gasteiger partial charge in [0, 0.05) is 35.3 Å².